The first kappa shape index (κ1) is 23.8. The van der Waals surface area contributed by atoms with Gasteiger partial charge in [0.1, 0.15) is 11.5 Å². The number of aliphatic hydroxyl groups is 1. The number of nitrogens with zero attached hydrogens (tertiary/aromatic N) is 1. The molecule has 10 heteroatoms. The van der Waals surface area contributed by atoms with Crippen molar-refractivity contribution in [1.29, 1.82) is 0 Å². The van der Waals surface area contributed by atoms with E-state index in [1.54, 1.807) is 24.3 Å². The largest absolute Gasteiger partial charge is 0.573 e. The Kier molecular flexibility index (Phi) is 9.32. The molecule has 2 aromatic carbocycles. The van der Waals surface area contributed by atoms with Crippen LogP contribution in [0.25, 0.3) is 0 Å². The Morgan fingerprint density at radius 2 is 1.86 bits per heavy atom. The third kappa shape index (κ3) is 8.21. The highest BCUT2D eigenvalue weighted by Gasteiger charge is 2.30. The summed E-state index contributed by atoms with van der Waals surface area (Å²) in [7, 11) is 1.54. The number of aliphatic imine (C=N–C) groups is 1. The molecule has 0 amide bonds. The molecule has 28 heavy (non-hydrogen) atoms. The number of methoxy groups -OCH3 is 1. The molecule has 0 saturated carbocycles. The molecule has 0 fully saturated rings. The van der Waals surface area contributed by atoms with Crippen LogP contribution in [0, 0.1) is 0 Å². The van der Waals surface area contributed by atoms with Gasteiger partial charge in [-0.15, -0.1) is 37.1 Å². The number of hydrogen-bond donors (Lipinski definition) is 3. The summed E-state index contributed by atoms with van der Waals surface area (Å²) in [5.74, 6) is 0.432. The van der Waals surface area contributed by atoms with Crippen molar-refractivity contribution < 1.29 is 27.8 Å². The molecule has 0 radical (unpaired) electrons. The molecule has 1 atom stereocenters. The van der Waals surface area contributed by atoms with Crippen LogP contribution in [-0.2, 0) is 6.54 Å². The Morgan fingerprint density at radius 1 is 1.18 bits per heavy atom. The SMILES string of the molecule is COc1cccc(C(O)CNC(N)=NCc2ccc(OC(F)(F)F)cc2)c1.I. The Bertz CT molecular complexity index is 771. The lowest BCUT2D eigenvalue weighted by molar-refractivity contribution is -0.274. The Hall–Kier alpha value is -2.21. The normalized spacial score (nSPS) is 12.7. The van der Waals surface area contributed by atoms with Crippen LogP contribution in [0.1, 0.15) is 17.2 Å². The van der Waals surface area contributed by atoms with Crippen LogP contribution in [0.4, 0.5) is 13.2 Å². The molecule has 154 valence electrons. The van der Waals surface area contributed by atoms with Crippen molar-refractivity contribution in [3.63, 3.8) is 0 Å². The second-order valence-corrected chi connectivity index (χ2v) is 5.57. The van der Waals surface area contributed by atoms with Crippen molar-refractivity contribution in [2.75, 3.05) is 13.7 Å². The Balaban J connectivity index is 0.00000392. The van der Waals surface area contributed by atoms with E-state index in [-0.39, 0.29) is 48.8 Å². The van der Waals surface area contributed by atoms with Crippen LogP contribution < -0.4 is 20.5 Å². The van der Waals surface area contributed by atoms with Crippen molar-refractivity contribution in [3.8, 4) is 11.5 Å². The average molecular weight is 511 g/mol. The molecular formula is C18H21F3IN3O3. The number of guanidine groups is 1. The van der Waals surface area contributed by atoms with E-state index in [0.717, 1.165) is 0 Å². The molecule has 0 aliphatic rings. The quantitative estimate of drug-likeness (QED) is 0.302. The highest BCUT2D eigenvalue weighted by atomic mass is 127. The molecule has 0 spiro atoms. The zero-order chi connectivity index (χ0) is 19.9. The molecule has 6 nitrogen and oxygen atoms in total. The fraction of sp³-hybridized carbons (Fsp3) is 0.278. The fourth-order valence-corrected chi connectivity index (χ4v) is 2.20. The highest BCUT2D eigenvalue weighted by Crippen LogP contribution is 2.23. The van der Waals surface area contributed by atoms with Crippen LogP contribution in [0.2, 0.25) is 0 Å². The van der Waals surface area contributed by atoms with Gasteiger partial charge >= 0.3 is 6.36 Å². The van der Waals surface area contributed by atoms with E-state index in [2.05, 4.69) is 15.0 Å². The van der Waals surface area contributed by atoms with Crippen molar-refractivity contribution in [3.05, 3.63) is 59.7 Å². The van der Waals surface area contributed by atoms with Gasteiger partial charge in [-0.25, -0.2) is 4.99 Å². The van der Waals surface area contributed by atoms with Crippen molar-refractivity contribution in [1.82, 2.24) is 5.32 Å². The number of rotatable bonds is 7. The summed E-state index contributed by atoms with van der Waals surface area (Å²) in [4.78, 5) is 4.08. The standard InChI is InChI=1S/C18H20F3N3O3.HI/c1-26-15-4-2-3-13(9-15)16(25)11-24-17(22)23-10-12-5-7-14(8-6-12)27-18(19,20)21;/h2-9,16,25H,10-11H2,1H3,(H3,22,23,24);1H. The third-order valence-corrected chi connectivity index (χ3v) is 3.54. The van der Waals surface area contributed by atoms with Crippen LogP contribution in [-0.4, -0.2) is 31.1 Å². The molecule has 4 N–H and O–H groups in total. The average Bonchev–Trinajstić information content (AvgIpc) is 2.64. The van der Waals surface area contributed by atoms with Crippen LogP contribution >= 0.6 is 24.0 Å². The molecule has 2 aromatic rings. The maximum atomic E-state index is 12.1. The number of aliphatic hydroxyl groups excluding tert-OH is 1. The van der Waals surface area contributed by atoms with Gasteiger partial charge in [0.2, 0.25) is 0 Å². The number of benzene rings is 2. The summed E-state index contributed by atoms with van der Waals surface area (Å²) in [6.07, 6.45) is -5.54. The monoisotopic (exact) mass is 511 g/mol. The van der Waals surface area contributed by atoms with Crippen LogP contribution in [0.3, 0.4) is 0 Å². The number of nitrogens with two attached hydrogens (primary N) is 1. The topological polar surface area (TPSA) is 89.1 Å². The molecule has 0 aliphatic heterocycles. The first-order valence-corrected chi connectivity index (χ1v) is 7.97. The molecule has 0 aromatic heterocycles. The van der Waals surface area contributed by atoms with Gasteiger partial charge in [-0.2, -0.15) is 0 Å². The zero-order valence-electron chi connectivity index (χ0n) is 14.9. The molecule has 1 unspecified atom stereocenters. The minimum atomic E-state index is -4.72. The minimum Gasteiger partial charge on any atom is -0.497 e. The lowest BCUT2D eigenvalue weighted by Gasteiger charge is -2.13. The summed E-state index contributed by atoms with van der Waals surface area (Å²) < 4.78 is 45.2. The van der Waals surface area contributed by atoms with Gasteiger partial charge in [-0.1, -0.05) is 24.3 Å². The van der Waals surface area contributed by atoms with Crippen molar-refractivity contribution in [2.24, 2.45) is 10.7 Å². The van der Waals surface area contributed by atoms with Crippen molar-refractivity contribution in [2.45, 2.75) is 19.0 Å². The van der Waals surface area contributed by atoms with E-state index in [1.165, 1.54) is 31.4 Å². The van der Waals surface area contributed by atoms with Crippen LogP contribution in [0.5, 0.6) is 11.5 Å². The predicted molar refractivity (Wildman–Crippen MR) is 110 cm³/mol. The van der Waals surface area contributed by atoms with Crippen LogP contribution in [0.15, 0.2) is 53.5 Å². The van der Waals surface area contributed by atoms with E-state index in [9.17, 15) is 18.3 Å². The van der Waals surface area contributed by atoms with E-state index >= 15 is 0 Å². The van der Waals surface area contributed by atoms with E-state index in [4.69, 9.17) is 10.5 Å². The van der Waals surface area contributed by atoms with Gasteiger partial charge in [-0.05, 0) is 35.4 Å². The van der Waals surface area contributed by atoms with Crippen molar-refractivity contribution >= 4 is 29.9 Å². The third-order valence-electron chi connectivity index (χ3n) is 3.54. The molecule has 2 rings (SSSR count). The Labute approximate surface area is 177 Å². The van der Waals surface area contributed by atoms with E-state index in [1.807, 2.05) is 0 Å². The number of halogens is 4. The van der Waals surface area contributed by atoms with Gasteiger partial charge in [0.05, 0.1) is 19.8 Å². The molecular weight excluding hydrogens is 490 g/mol. The van der Waals surface area contributed by atoms with E-state index < -0.39 is 12.5 Å². The number of ether oxygens (including phenoxy) is 2. The summed E-state index contributed by atoms with van der Waals surface area (Å²) in [6, 6.07) is 12.3. The Morgan fingerprint density at radius 3 is 2.46 bits per heavy atom. The second-order valence-electron chi connectivity index (χ2n) is 5.57. The molecule has 0 aliphatic carbocycles. The van der Waals surface area contributed by atoms with Gasteiger partial charge < -0.3 is 25.6 Å². The summed E-state index contributed by atoms with van der Waals surface area (Å²) in [5, 5.41) is 13.0. The number of alkyl halides is 3. The second kappa shape index (κ2) is 11.0. The lowest BCUT2D eigenvalue weighted by Crippen LogP contribution is -2.34. The van der Waals surface area contributed by atoms with Gasteiger partial charge in [-0.3, -0.25) is 0 Å². The molecule has 0 bridgehead atoms. The smallest absolute Gasteiger partial charge is 0.497 e. The first-order valence-electron chi connectivity index (χ1n) is 7.97. The minimum absolute atomic E-state index is 0. The summed E-state index contributed by atoms with van der Waals surface area (Å²) in [6.45, 7) is 0.307. The first-order chi connectivity index (χ1) is 12.8. The van der Waals surface area contributed by atoms with Gasteiger partial charge in [0, 0.05) is 6.54 Å². The maximum Gasteiger partial charge on any atom is 0.573 e. The lowest BCUT2D eigenvalue weighted by atomic mass is 10.1. The predicted octanol–water partition coefficient (Wildman–Crippen LogP) is 3.35. The highest BCUT2D eigenvalue weighted by molar-refractivity contribution is 14.0. The number of nitrogens with one attached hydrogen (secondary N) is 1. The number of hydrogen-bond acceptors (Lipinski definition) is 4. The maximum absolute atomic E-state index is 12.1. The van der Waals surface area contributed by atoms with E-state index in [0.29, 0.717) is 16.9 Å². The summed E-state index contributed by atoms with van der Waals surface area (Å²) in [5.41, 5.74) is 7.06. The molecule has 0 saturated heterocycles. The molecule has 0 heterocycles. The fourth-order valence-electron chi connectivity index (χ4n) is 2.20. The summed E-state index contributed by atoms with van der Waals surface area (Å²) >= 11 is 0. The zero-order valence-corrected chi connectivity index (χ0v) is 17.3. The van der Waals surface area contributed by atoms with Gasteiger partial charge in [0.25, 0.3) is 0 Å². The van der Waals surface area contributed by atoms with Gasteiger partial charge in [0.15, 0.2) is 5.96 Å².